The van der Waals surface area contributed by atoms with Crippen molar-refractivity contribution in [2.45, 2.75) is 38.6 Å². The maximum Gasteiger partial charge on any atom is 0.326 e. The fourth-order valence-electron chi connectivity index (χ4n) is 2.28. The molecule has 0 unspecified atom stereocenters. The van der Waals surface area contributed by atoms with E-state index in [1.54, 1.807) is 12.4 Å². The first-order valence-electron chi connectivity index (χ1n) is 6.91. The number of hydrogen-bond acceptors (Lipinski definition) is 3. The van der Waals surface area contributed by atoms with Gasteiger partial charge >= 0.3 is 6.03 Å². The molecule has 0 bridgehead atoms. The molecule has 1 aliphatic carbocycles. The molecule has 7 heteroatoms. The summed E-state index contributed by atoms with van der Waals surface area (Å²) in [5, 5.41) is 16.6. The minimum atomic E-state index is -0.287. The van der Waals surface area contributed by atoms with Crippen molar-refractivity contribution in [3.63, 3.8) is 0 Å². The summed E-state index contributed by atoms with van der Waals surface area (Å²) in [5.74, 6) is 1.37. The lowest BCUT2D eigenvalue weighted by atomic mass is 9.93. The van der Waals surface area contributed by atoms with Crippen LogP contribution in [0.5, 0.6) is 0 Å². The number of anilines is 2. The van der Waals surface area contributed by atoms with Crippen molar-refractivity contribution in [1.82, 2.24) is 20.0 Å². The average molecular weight is 274 g/mol. The van der Waals surface area contributed by atoms with Crippen LogP contribution in [-0.4, -0.2) is 26.0 Å². The zero-order valence-electron chi connectivity index (χ0n) is 11.4. The van der Waals surface area contributed by atoms with Crippen LogP contribution in [0.25, 0.3) is 0 Å². The summed E-state index contributed by atoms with van der Waals surface area (Å²) in [6.45, 7) is 2.01. The number of amides is 2. The Kier molecular flexibility index (Phi) is 3.41. The fraction of sp³-hybridized carbons (Fsp3) is 0.462. The van der Waals surface area contributed by atoms with Crippen LogP contribution in [0, 0.1) is 0 Å². The molecule has 0 atom stereocenters. The van der Waals surface area contributed by atoms with E-state index in [9.17, 15) is 4.79 Å². The quantitative estimate of drug-likeness (QED) is 0.800. The van der Waals surface area contributed by atoms with Gasteiger partial charge in [0.15, 0.2) is 0 Å². The number of carbonyl (C=O) groups excluding carboxylic acids is 1. The number of nitrogens with zero attached hydrogens (tertiary/aromatic N) is 3. The first-order valence-corrected chi connectivity index (χ1v) is 6.91. The zero-order valence-corrected chi connectivity index (χ0v) is 11.4. The maximum atomic E-state index is 12.0. The zero-order chi connectivity index (χ0) is 13.9. The summed E-state index contributed by atoms with van der Waals surface area (Å²) in [7, 11) is 0. The van der Waals surface area contributed by atoms with Gasteiger partial charge in [-0.3, -0.25) is 15.7 Å². The normalized spacial score (nSPS) is 14.8. The molecule has 0 saturated heterocycles. The molecule has 3 N–H and O–H groups in total. The van der Waals surface area contributed by atoms with Crippen molar-refractivity contribution in [2.24, 2.45) is 0 Å². The molecule has 2 aromatic rings. The van der Waals surface area contributed by atoms with E-state index in [4.69, 9.17) is 0 Å². The molecule has 0 spiro atoms. The van der Waals surface area contributed by atoms with Crippen LogP contribution in [0.15, 0.2) is 18.5 Å². The lowest BCUT2D eigenvalue weighted by Gasteiger charge is -2.27. The van der Waals surface area contributed by atoms with Gasteiger partial charge in [0.25, 0.3) is 0 Å². The maximum absolute atomic E-state index is 12.0. The van der Waals surface area contributed by atoms with Crippen LogP contribution >= 0.6 is 0 Å². The smallest absolute Gasteiger partial charge is 0.292 e. The highest BCUT2D eigenvalue weighted by atomic mass is 16.2. The Morgan fingerprint density at radius 3 is 3.05 bits per heavy atom. The number of nitrogens with one attached hydrogen (secondary N) is 3. The van der Waals surface area contributed by atoms with Crippen LogP contribution in [0.1, 0.15) is 37.8 Å². The molecule has 2 aromatic heterocycles. The van der Waals surface area contributed by atoms with Gasteiger partial charge in [0.2, 0.25) is 0 Å². The molecule has 7 nitrogen and oxygen atoms in total. The van der Waals surface area contributed by atoms with Gasteiger partial charge in [-0.1, -0.05) is 6.92 Å². The fourth-order valence-corrected chi connectivity index (χ4v) is 2.28. The molecule has 3 rings (SSSR count). The SMILES string of the molecule is CCc1cn[nH]c1NC(=O)Nc1ccnn1C1CCC1. The average Bonchev–Trinajstić information content (AvgIpc) is 2.97. The van der Waals surface area contributed by atoms with Crippen molar-refractivity contribution in [2.75, 3.05) is 10.6 Å². The third-order valence-corrected chi connectivity index (χ3v) is 3.67. The van der Waals surface area contributed by atoms with E-state index < -0.39 is 0 Å². The Labute approximate surface area is 116 Å². The molecule has 2 amide bonds. The monoisotopic (exact) mass is 274 g/mol. The highest BCUT2D eigenvalue weighted by molar-refractivity contribution is 5.99. The van der Waals surface area contributed by atoms with E-state index in [-0.39, 0.29) is 6.03 Å². The molecule has 0 aliphatic heterocycles. The number of aromatic nitrogens is 4. The van der Waals surface area contributed by atoms with Crippen molar-refractivity contribution < 1.29 is 4.79 Å². The summed E-state index contributed by atoms with van der Waals surface area (Å²) >= 11 is 0. The number of aromatic amines is 1. The van der Waals surface area contributed by atoms with E-state index in [1.165, 1.54) is 6.42 Å². The number of urea groups is 1. The summed E-state index contributed by atoms with van der Waals surface area (Å²) in [4.78, 5) is 12.0. The number of hydrogen-bond donors (Lipinski definition) is 3. The number of rotatable bonds is 4. The molecular formula is C13H18N6O. The van der Waals surface area contributed by atoms with Gasteiger partial charge in [-0.25, -0.2) is 9.48 Å². The largest absolute Gasteiger partial charge is 0.326 e. The standard InChI is InChI=1S/C13H18N6O/c1-2-9-8-14-18-12(9)17-13(20)16-11-6-7-15-19(11)10-4-3-5-10/h6-8,10H,2-5H2,1H3,(H3,14,16,17,18,20). The van der Waals surface area contributed by atoms with E-state index in [0.717, 1.165) is 30.6 Å². The van der Waals surface area contributed by atoms with Crippen LogP contribution in [0.4, 0.5) is 16.4 Å². The number of H-pyrrole nitrogens is 1. The summed E-state index contributed by atoms with van der Waals surface area (Å²) < 4.78 is 1.89. The lowest BCUT2D eigenvalue weighted by Crippen LogP contribution is -2.25. The van der Waals surface area contributed by atoms with Gasteiger partial charge in [0.05, 0.1) is 18.4 Å². The molecular weight excluding hydrogens is 256 g/mol. The van der Waals surface area contributed by atoms with Gasteiger partial charge < -0.3 is 0 Å². The van der Waals surface area contributed by atoms with Gasteiger partial charge in [0, 0.05) is 11.6 Å². The minimum absolute atomic E-state index is 0.287. The van der Waals surface area contributed by atoms with Crippen molar-refractivity contribution in [3.05, 3.63) is 24.0 Å². The van der Waals surface area contributed by atoms with Crippen LogP contribution in [-0.2, 0) is 6.42 Å². The second-order valence-corrected chi connectivity index (χ2v) is 4.95. The van der Waals surface area contributed by atoms with Gasteiger partial charge in [-0.15, -0.1) is 0 Å². The predicted molar refractivity (Wildman–Crippen MR) is 75.7 cm³/mol. The molecule has 2 heterocycles. The van der Waals surface area contributed by atoms with Gasteiger partial charge in [-0.05, 0) is 25.7 Å². The molecule has 1 saturated carbocycles. The molecule has 1 aliphatic rings. The summed E-state index contributed by atoms with van der Waals surface area (Å²) in [6, 6.07) is 1.94. The molecule has 0 aromatic carbocycles. The highest BCUT2D eigenvalue weighted by Gasteiger charge is 2.22. The van der Waals surface area contributed by atoms with Gasteiger partial charge in [0.1, 0.15) is 11.6 Å². The van der Waals surface area contributed by atoms with Gasteiger partial charge in [-0.2, -0.15) is 10.2 Å². The van der Waals surface area contributed by atoms with Crippen molar-refractivity contribution >= 4 is 17.7 Å². The first-order chi connectivity index (χ1) is 9.78. The summed E-state index contributed by atoms with van der Waals surface area (Å²) in [5.41, 5.74) is 0.979. The van der Waals surface area contributed by atoms with Crippen molar-refractivity contribution in [1.29, 1.82) is 0 Å². The van der Waals surface area contributed by atoms with Crippen molar-refractivity contribution in [3.8, 4) is 0 Å². The predicted octanol–water partition coefficient (Wildman–Crippen LogP) is 2.54. The highest BCUT2D eigenvalue weighted by Crippen LogP contribution is 2.33. The first kappa shape index (κ1) is 12.7. The third kappa shape index (κ3) is 2.38. The Balaban J connectivity index is 1.66. The van der Waals surface area contributed by atoms with E-state index in [2.05, 4.69) is 25.9 Å². The number of aryl methyl sites for hydroxylation is 1. The van der Waals surface area contributed by atoms with Crippen LogP contribution < -0.4 is 10.6 Å². The van der Waals surface area contributed by atoms with E-state index in [0.29, 0.717) is 11.9 Å². The van der Waals surface area contributed by atoms with E-state index >= 15 is 0 Å². The third-order valence-electron chi connectivity index (χ3n) is 3.67. The number of carbonyl (C=O) groups is 1. The Hall–Kier alpha value is -2.31. The Bertz CT molecular complexity index is 598. The van der Waals surface area contributed by atoms with Crippen LogP contribution in [0.2, 0.25) is 0 Å². The molecule has 106 valence electrons. The second-order valence-electron chi connectivity index (χ2n) is 4.95. The molecule has 20 heavy (non-hydrogen) atoms. The minimum Gasteiger partial charge on any atom is -0.292 e. The Morgan fingerprint density at radius 1 is 1.50 bits per heavy atom. The van der Waals surface area contributed by atoms with E-state index in [1.807, 2.05) is 17.7 Å². The lowest BCUT2D eigenvalue weighted by molar-refractivity contribution is 0.260. The molecule has 0 radical (unpaired) electrons. The topological polar surface area (TPSA) is 87.6 Å². The Morgan fingerprint density at radius 2 is 2.35 bits per heavy atom. The van der Waals surface area contributed by atoms with Crippen LogP contribution in [0.3, 0.4) is 0 Å². The summed E-state index contributed by atoms with van der Waals surface area (Å²) in [6.07, 6.45) is 7.71. The molecule has 1 fully saturated rings. The second kappa shape index (κ2) is 5.36.